The van der Waals surface area contributed by atoms with Gasteiger partial charge in [0.15, 0.2) is 0 Å². The van der Waals surface area contributed by atoms with E-state index in [1.165, 1.54) is 5.56 Å². The van der Waals surface area contributed by atoms with Crippen LogP contribution in [0.3, 0.4) is 0 Å². The molecule has 1 unspecified atom stereocenters. The summed E-state index contributed by atoms with van der Waals surface area (Å²) < 4.78 is 0. The van der Waals surface area contributed by atoms with E-state index in [1.807, 2.05) is 48.7 Å². The number of hydrogen-bond acceptors (Lipinski definition) is 3. The molecule has 0 saturated heterocycles. The van der Waals surface area contributed by atoms with E-state index in [1.54, 1.807) is 18.7 Å². The van der Waals surface area contributed by atoms with Crippen molar-refractivity contribution in [3.63, 3.8) is 0 Å². The van der Waals surface area contributed by atoms with Crippen LogP contribution in [0.25, 0.3) is 0 Å². The lowest BCUT2D eigenvalue weighted by molar-refractivity contribution is 0.0876. The number of hydrogen-bond donors (Lipinski definition) is 3. The van der Waals surface area contributed by atoms with Gasteiger partial charge >= 0.3 is 6.03 Å². The predicted octanol–water partition coefficient (Wildman–Crippen LogP) is 3.51. The first kappa shape index (κ1) is 18.4. The lowest BCUT2D eigenvalue weighted by Crippen LogP contribution is -2.44. The third-order valence-corrected chi connectivity index (χ3v) is 4.50. The second-order valence-electron chi connectivity index (χ2n) is 6.06. The van der Waals surface area contributed by atoms with Crippen LogP contribution >= 0.6 is 11.8 Å². The molecule has 0 aliphatic carbocycles. The zero-order valence-corrected chi connectivity index (χ0v) is 14.9. The highest BCUT2D eigenvalue weighted by Gasteiger charge is 2.20. The Morgan fingerprint density at radius 3 is 2.50 bits per heavy atom. The highest BCUT2D eigenvalue weighted by Crippen LogP contribution is 2.19. The number of aliphatic hydroxyl groups is 1. The van der Waals surface area contributed by atoms with Crippen LogP contribution in [0.4, 0.5) is 10.5 Å². The van der Waals surface area contributed by atoms with Crippen LogP contribution < -0.4 is 10.6 Å². The first-order chi connectivity index (χ1) is 11.5. The monoisotopic (exact) mass is 344 g/mol. The van der Waals surface area contributed by atoms with Crippen LogP contribution in [0.5, 0.6) is 0 Å². The van der Waals surface area contributed by atoms with Crippen molar-refractivity contribution >= 4 is 23.5 Å². The normalized spacial score (nSPS) is 13.1. The predicted molar refractivity (Wildman–Crippen MR) is 102 cm³/mol. The van der Waals surface area contributed by atoms with E-state index in [9.17, 15) is 9.90 Å². The number of amides is 2. The maximum atomic E-state index is 12.1. The molecule has 5 heteroatoms. The molecule has 2 aromatic carbocycles. The minimum atomic E-state index is -0.916. The molecule has 4 nitrogen and oxygen atoms in total. The molecule has 0 spiro atoms. The molecule has 0 radical (unpaired) electrons. The summed E-state index contributed by atoms with van der Waals surface area (Å²) in [5, 5.41) is 15.7. The van der Waals surface area contributed by atoms with E-state index in [0.29, 0.717) is 5.75 Å². The number of carbonyl (C=O) groups is 1. The van der Waals surface area contributed by atoms with Gasteiger partial charge in [0, 0.05) is 18.0 Å². The van der Waals surface area contributed by atoms with Gasteiger partial charge in [0.05, 0.1) is 5.60 Å². The molecule has 0 aliphatic rings. The Hall–Kier alpha value is -1.98. The number of thioether (sulfide) groups is 1. The van der Waals surface area contributed by atoms with Gasteiger partial charge in [-0.3, -0.25) is 0 Å². The Morgan fingerprint density at radius 2 is 1.79 bits per heavy atom. The molecule has 0 saturated carbocycles. The summed E-state index contributed by atoms with van der Waals surface area (Å²) in [6, 6.07) is 17.6. The number of urea groups is 1. The number of nitrogens with one attached hydrogen (secondary N) is 2. The zero-order chi connectivity index (χ0) is 17.4. The molecule has 0 heterocycles. The van der Waals surface area contributed by atoms with Crippen molar-refractivity contribution in [2.75, 3.05) is 23.9 Å². The smallest absolute Gasteiger partial charge is 0.319 e. The molecule has 1 atom stereocenters. The highest BCUT2D eigenvalue weighted by molar-refractivity contribution is 7.98. The molecule has 2 amide bonds. The Labute approximate surface area is 147 Å². The largest absolute Gasteiger partial charge is 0.387 e. The van der Waals surface area contributed by atoms with Gasteiger partial charge in [0.2, 0.25) is 0 Å². The average molecular weight is 344 g/mol. The number of rotatable bonds is 7. The average Bonchev–Trinajstić information content (AvgIpc) is 2.56. The number of anilines is 1. The van der Waals surface area contributed by atoms with Crippen molar-refractivity contribution in [2.24, 2.45) is 0 Å². The van der Waals surface area contributed by atoms with E-state index in [4.69, 9.17) is 0 Å². The zero-order valence-electron chi connectivity index (χ0n) is 14.1. The highest BCUT2D eigenvalue weighted by atomic mass is 32.2. The first-order valence-corrected chi connectivity index (χ1v) is 9.27. The fraction of sp³-hybridized carbons (Fsp3) is 0.316. The van der Waals surface area contributed by atoms with E-state index >= 15 is 0 Å². The Balaban J connectivity index is 1.98. The summed E-state index contributed by atoms with van der Waals surface area (Å²) >= 11 is 1.55. The lowest BCUT2D eigenvalue weighted by atomic mass is 10.0. The van der Waals surface area contributed by atoms with Crippen molar-refractivity contribution in [3.8, 4) is 0 Å². The van der Waals surface area contributed by atoms with Gasteiger partial charge in [0.25, 0.3) is 0 Å². The topological polar surface area (TPSA) is 61.4 Å². The second-order valence-corrected chi connectivity index (χ2v) is 6.92. The molecule has 2 aromatic rings. The van der Waals surface area contributed by atoms with Crippen molar-refractivity contribution in [1.82, 2.24) is 5.32 Å². The van der Waals surface area contributed by atoms with Crippen LogP contribution in [0.15, 0.2) is 54.6 Å². The van der Waals surface area contributed by atoms with Crippen LogP contribution in [0.1, 0.15) is 18.1 Å². The summed E-state index contributed by atoms with van der Waals surface area (Å²) in [5.74, 6) is 0.567. The van der Waals surface area contributed by atoms with E-state index in [2.05, 4.69) is 22.8 Å². The second kappa shape index (κ2) is 8.76. The third kappa shape index (κ3) is 5.91. The third-order valence-electron chi connectivity index (χ3n) is 3.59. The first-order valence-electron chi connectivity index (χ1n) is 7.88. The van der Waals surface area contributed by atoms with Crippen LogP contribution in [0.2, 0.25) is 0 Å². The van der Waals surface area contributed by atoms with Crippen molar-refractivity contribution < 1.29 is 9.90 Å². The van der Waals surface area contributed by atoms with Crippen LogP contribution in [-0.2, 0) is 6.42 Å². The molecule has 0 aromatic heterocycles. The summed E-state index contributed by atoms with van der Waals surface area (Å²) in [4.78, 5) is 12.1. The van der Waals surface area contributed by atoms with E-state index < -0.39 is 5.60 Å². The van der Waals surface area contributed by atoms with Crippen LogP contribution in [-0.4, -0.2) is 35.3 Å². The number of carbonyl (C=O) groups excluding carboxylic acids is 1. The summed E-state index contributed by atoms with van der Waals surface area (Å²) in [7, 11) is 0. The summed E-state index contributed by atoms with van der Waals surface area (Å²) in [6.07, 6.45) is 2.68. The Morgan fingerprint density at radius 1 is 1.12 bits per heavy atom. The molecule has 128 valence electrons. The van der Waals surface area contributed by atoms with Crippen molar-refractivity contribution in [2.45, 2.75) is 18.9 Å². The SMILES string of the molecule is CSCC(C)(O)CNC(=O)Nc1ccccc1Cc1ccccc1. The molecule has 2 rings (SSSR count). The van der Waals surface area contributed by atoms with E-state index in [0.717, 1.165) is 17.7 Å². The fourth-order valence-corrected chi connectivity index (χ4v) is 3.14. The molecule has 0 aliphatic heterocycles. The van der Waals surface area contributed by atoms with Crippen molar-refractivity contribution in [3.05, 3.63) is 65.7 Å². The molecule has 24 heavy (non-hydrogen) atoms. The minimum Gasteiger partial charge on any atom is -0.387 e. The Bertz CT molecular complexity index is 659. The van der Waals surface area contributed by atoms with Gasteiger partial charge in [-0.05, 0) is 36.8 Å². The molecule has 0 fully saturated rings. The number of benzene rings is 2. The quantitative estimate of drug-likeness (QED) is 0.720. The maximum Gasteiger partial charge on any atom is 0.319 e. The fourth-order valence-electron chi connectivity index (χ4n) is 2.41. The molecular weight excluding hydrogens is 320 g/mol. The summed E-state index contributed by atoms with van der Waals surface area (Å²) in [5.41, 5.74) is 2.11. The van der Waals surface area contributed by atoms with Gasteiger partial charge in [0.1, 0.15) is 0 Å². The maximum absolute atomic E-state index is 12.1. The molecular formula is C19H24N2O2S. The van der Waals surface area contributed by atoms with Gasteiger partial charge in [-0.2, -0.15) is 11.8 Å². The minimum absolute atomic E-state index is 0.209. The van der Waals surface area contributed by atoms with Gasteiger partial charge in [-0.15, -0.1) is 0 Å². The molecule has 3 N–H and O–H groups in total. The summed E-state index contributed by atoms with van der Waals surface area (Å²) in [6.45, 7) is 1.92. The Kier molecular flexibility index (Phi) is 6.70. The van der Waals surface area contributed by atoms with Gasteiger partial charge < -0.3 is 15.7 Å². The van der Waals surface area contributed by atoms with Crippen molar-refractivity contribution in [1.29, 1.82) is 0 Å². The lowest BCUT2D eigenvalue weighted by Gasteiger charge is -2.22. The molecule has 0 bridgehead atoms. The van der Waals surface area contributed by atoms with E-state index in [-0.39, 0.29) is 12.6 Å². The standard InChI is InChI=1S/C19H24N2O2S/c1-19(23,14-24-2)13-20-18(22)21-17-11-7-6-10-16(17)12-15-8-4-3-5-9-15/h3-11,23H,12-14H2,1-2H3,(H2,20,21,22). The number of para-hydroxylation sites is 1. The van der Waals surface area contributed by atoms with Crippen LogP contribution in [0, 0.1) is 0 Å². The van der Waals surface area contributed by atoms with Gasteiger partial charge in [-0.1, -0.05) is 48.5 Å². The van der Waals surface area contributed by atoms with Gasteiger partial charge in [-0.25, -0.2) is 4.79 Å².